The number of halogens is 1. The minimum absolute atomic E-state index is 0.239. The molecule has 1 aliphatic heterocycles. The number of hydrogen-bond donors (Lipinski definition) is 0. The summed E-state index contributed by atoms with van der Waals surface area (Å²) >= 11 is 7.27. The Kier molecular flexibility index (Phi) is 3.36. The zero-order valence-electron chi connectivity index (χ0n) is 12.1. The average molecular weight is 347 g/mol. The summed E-state index contributed by atoms with van der Waals surface area (Å²) in [4.78, 5) is 17.1. The molecule has 0 unspecified atom stereocenters. The van der Waals surface area contributed by atoms with Crippen LogP contribution in [0, 0.1) is 0 Å². The van der Waals surface area contributed by atoms with E-state index in [1.54, 1.807) is 24.3 Å². The molecule has 0 atom stereocenters. The number of amides is 1. The van der Waals surface area contributed by atoms with Gasteiger partial charge in [-0.25, -0.2) is 0 Å². The van der Waals surface area contributed by atoms with E-state index < -0.39 is 0 Å². The molecule has 23 heavy (non-hydrogen) atoms. The molecule has 5 nitrogen and oxygen atoms in total. The van der Waals surface area contributed by atoms with E-state index >= 15 is 0 Å². The largest absolute Gasteiger partial charge is 0.454 e. The van der Waals surface area contributed by atoms with Gasteiger partial charge in [-0.15, -0.1) is 0 Å². The summed E-state index contributed by atoms with van der Waals surface area (Å²) in [5.41, 5.74) is 1.45. The Morgan fingerprint density at radius 3 is 2.65 bits per heavy atom. The van der Waals surface area contributed by atoms with Crippen LogP contribution in [0.5, 0.6) is 11.5 Å². The van der Waals surface area contributed by atoms with Gasteiger partial charge < -0.3 is 14.0 Å². The number of hydrogen-bond acceptors (Lipinski definition) is 4. The molecule has 0 fully saturated rings. The number of nitrogens with zero attached hydrogens (tertiary/aromatic N) is 2. The number of rotatable bonds is 1. The first-order chi connectivity index (χ1) is 11.1. The fourth-order valence-corrected chi connectivity index (χ4v) is 3.52. The minimum atomic E-state index is -0.302. The van der Waals surface area contributed by atoms with E-state index in [1.807, 2.05) is 23.7 Å². The van der Waals surface area contributed by atoms with E-state index in [4.69, 9.17) is 21.1 Å². The van der Waals surface area contributed by atoms with Gasteiger partial charge in [-0.2, -0.15) is 4.99 Å². The van der Waals surface area contributed by atoms with E-state index in [9.17, 15) is 4.79 Å². The number of fused-ring (bicyclic) bond motifs is 2. The summed E-state index contributed by atoms with van der Waals surface area (Å²) in [6.45, 7) is 0.239. The first-order valence-corrected chi connectivity index (χ1v) is 8.05. The molecule has 0 aliphatic carbocycles. The quantitative estimate of drug-likeness (QED) is 0.679. The van der Waals surface area contributed by atoms with Crippen molar-refractivity contribution in [1.29, 1.82) is 0 Å². The molecule has 3 aromatic rings. The molecule has 4 rings (SSSR count). The lowest BCUT2D eigenvalue weighted by Gasteiger charge is -1.98. The van der Waals surface area contributed by atoms with Gasteiger partial charge in [-0.3, -0.25) is 4.79 Å². The molecule has 1 aromatic heterocycles. The maximum Gasteiger partial charge on any atom is 0.279 e. The van der Waals surface area contributed by atoms with Gasteiger partial charge >= 0.3 is 0 Å². The summed E-state index contributed by atoms with van der Waals surface area (Å²) < 4.78 is 13.6. The van der Waals surface area contributed by atoms with Crippen molar-refractivity contribution < 1.29 is 14.3 Å². The van der Waals surface area contributed by atoms with Crippen molar-refractivity contribution in [3.8, 4) is 11.5 Å². The van der Waals surface area contributed by atoms with Crippen LogP contribution in [0.3, 0.4) is 0 Å². The monoisotopic (exact) mass is 346 g/mol. The van der Waals surface area contributed by atoms with E-state index in [0.29, 0.717) is 21.1 Å². The van der Waals surface area contributed by atoms with Crippen molar-refractivity contribution in [3.63, 3.8) is 0 Å². The molecule has 2 heterocycles. The van der Waals surface area contributed by atoms with E-state index in [-0.39, 0.29) is 12.7 Å². The van der Waals surface area contributed by atoms with Crippen LogP contribution in [0.2, 0.25) is 5.02 Å². The molecule has 0 saturated heterocycles. The van der Waals surface area contributed by atoms with Gasteiger partial charge in [0, 0.05) is 29.8 Å². The van der Waals surface area contributed by atoms with Crippen LogP contribution in [-0.4, -0.2) is 17.3 Å². The van der Waals surface area contributed by atoms with Gasteiger partial charge in [0.15, 0.2) is 16.3 Å². The summed E-state index contributed by atoms with van der Waals surface area (Å²) in [7, 11) is 1.87. The number of aryl methyl sites for hydroxylation is 1. The number of aromatic nitrogens is 1. The van der Waals surface area contributed by atoms with Crippen LogP contribution < -0.4 is 14.3 Å². The highest BCUT2D eigenvalue weighted by Gasteiger charge is 2.17. The predicted octanol–water partition coefficient (Wildman–Crippen LogP) is 3.36. The Balaban J connectivity index is 1.80. The Bertz CT molecular complexity index is 989. The zero-order valence-corrected chi connectivity index (χ0v) is 13.6. The second-order valence-electron chi connectivity index (χ2n) is 5.04. The van der Waals surface area contributed by atoms with E-state index in [2.05, 4.69) is 4.99 Å². The fraction of sp³-hybridized carbons (Fsp3) is 0.125. The van der Waals surface area contributed by atoms with Crippen molar-refractivity contribution in [3.05, 3.63) is 51.8 Å². The van der Waals surface area contributed by atoms with Crippen molar-refractivity contribution >= 4 is 39.1 Å². The van der Waals surface area contributed by atoms with Crippen molar-refractivity contribution in [2.24, 2.45) is 12.0 Å². The fourth-order valence-electron chi connectivity index (χ4n) is 2.37. The van der Waals surface area contributed by atoms with Gasteiger partial charge in [-0.1, -0.05) is 22.9 Å². The number of benzene rings is 2. The third kappa shape index (κ3) is 2.50. The molecule has 0 bridgehead atoms. The summed E-state index contributed by atoms with van der Waals surface area (Å²) in [6.07, 6.45) is 0. The van der Waals surface area contributed by atoms with Crippen molar-refractivity contribution in [1.82, 2.24) is 4.57 Å². The topological polar surface area (TPSA) is 52.8 Å². The van der Waals surface area contributed by atoms with Crippen molar-refractivity contribution in [2.45, 2.75) is 0 Å². The second-order valence-corrected chi connectivity index (χ2v) is 6.49. The number of thiazole rings is 1. The Hall–Kier alpha value is -2.31. The van der Waals surface area contributed by atoms with Crippen LogP contribution in [0.1, 0.15) is 10.4 Å². The lowest BCUT2D eigenvalue weighted by Crippen LogP contribution is -2.13. The lowest BCUT2D eigenvalue weighted by atomic mass is 10.2. The highest BCUT2D eigenvalue weighted by molar-refractivity contribution is 7.16. The van der Waals surface area contributed by atoms with Crippen LogP contribution in [0.4, 0.5) is 0 Å². The van der Waals surface area contributed by atoms with Crippen molar-refractivity contribution in [2.75, 3.05) is 6.79 Å². The molecular weight excluding hydrogens is 336 g/mol. The SMILES string of the molecule is Cn1c(=NC(=O)c2ccc(Cl)cc2)sc2cc3c(cc21)OCO3. The van der Waals surface area contributed by atoms with Gasteiger partial charge in [-0.05, 0) is 24.3 Å². The first kappa shape index (κ1) is 14.3. The van der Waals surface area contributed by atoms with Gasteiger partial charge in [0.05, 0.1) is 10.2 Å². The molecule has 2 aromatic carbocycles. The van der Waals surface area contributed by atoms with Crippen LogP contribution >= 0.6 is 22.9 Å². The molecule has 0 spiro atoms. The summed E-state index contributed by atoms with van der Waals surface area (Å²) in [5.74, 6) is 1.13. The Morgan fingerprint density at radius 1 is 1.22 bits per heavy atom. The molecule has 0 N–H and O–H groups in total. The predicted molar refractivity (Wildman–Crippen MR) is 88.3 cm³/mol. The summed E-state index contributed by atoms with van der Waals surface area (Å²) in [6, 6.07) is 10.5. The van der Waals surface area contributed by atoms with Gasteiger partial charge in [0.1, 0.15) is 0 Å². The molecular formula is C16H11ClN2O3S. The minimum Gasteiger partial charge on any atom is -0.454 e. The smallest absolute Gasteiger partial charge is 0.279 e. The molecule has 1 amide bonds. The molecule has 116 valence electrons. The Morgan fingerprint density at radius 2 is 1.91 bits per heavy atom. The zero-order chi connectivity index (χ0) is 16.0. The van der Waals surface area contributed by atoms with E-state index in [1.165, 1.54) is 11.3 Å². The van der Waals surface area contributed by atoms with Gasteiger partial charge in [0.2, 0.25) is 6.79 Å². The molecule has 0 saturated carbocycles. The van der Waals surface area contributed by atoms with Crippen LogP contribution in [-0.2, 0) is 7.05 Å². The van der Waals surface area contributed by atoms with E-state index in [0.717, 1.165) is 16.0 Å². The number of carbonyl (C=O) groups is 1. The van der Waals surface area contributed by atoms with Crippen LogP contribution in [0.15, 0.2) is 41.4 Å². The summed E-state index contributed by atoms with van der Waals surface area (Å²) in [5, 5.41) is 0.587. The van der Waals surface area contributed by atoms with Crippen LogP contribution in [0.25, 0.3) is 10.2 Å². The number of carbonyl (C=O) groups excluding carboxylic acids is 1. The highest BCUT2D eigenvalue weighted by atomic mass is 35.5. The standard InChI is InChI=1S/C16H11ClN2O3S/c1-19-11-6-12-13(22-8-21-12)7-14(11)23-16(19)18-15(20)9-2-4-10(17)5-3-9/h2-7H,8H2,1H3. The third-order valence-electron chi connectivity index (χ3n) is 3.59. The number of ether oxygens (including phenoxy) is 2. The maximum atomic E-state index is 12.3. The maximum absolute atomic E-state index is 12.3. The Labute approximate surface area is 140 Å². The lowest BCUT2D eigenvalue weighted by molar-refractivity contribution is 0.0998. The second kappa shape index (κ2) is 5.40. The molecule has 0 radical (unpaired) electrons. The highest BCUT2D eigenvalue weighted by Crippen LogP contribution is 2.36. The first-order valence-electron chi connectivity index (χ1n) is 6.85. The molecule has 1 aliphatic rings. The third-order valence-corrected chi connectivity index (χ3v) is 4.94. The molecule has 7 heteroatoms. The normalized spacial score (nSPS) is 13.7. The average Bonchev–Trinajstić information content (AvgIpc) is 3.11. The van der Waals surface area contributed by atoms with Gasteiger partial charge in [0.25, 0.3) is 5.91 Å².